The van der Waals surface area contributed by atoms with E-state index in [1.165, 1.54) is 11.8 Å². The molecule has 2 heterocycles. The van der Waals surface area contributed by atoms with Crippen molar-refractivity contribution in [3.05, 3.63) is 24.3 Å². The number of anilines is 1. The maximum atomic E-state index is 12.6. The number of amides is 2. The van der Waals surface area contributed by atoms with Crippen molar-refractivity contribution >= 4 is 29.3 Å². The van der Waals surface area contributed by atoms with E-state index in [0.717, 1.165) is 43.0 Å². The number of thioether (sulfide) groups is 1. The summed E-state index contributed by atoms with van der Waals surface area (Å²) in [7, 11) is 0. The molecule has 0 radical (unpaired) electrons. The summed E-state index contributed by atoms with van der Waals surface area (Å²) < 4.78 is 5.79. The largest absolute Gasteiger partial charge is 0.376 e. The lowest BCUT2D eigenvalue weighted by Gasteiger charge is -2.34. The van der Waals surface area contributed by atoms with E-state index in [1.54, 1.807) is 0 Å². The van der Waals surface area contributed by atoms with E-state index >= 15 is 0 Å². The van der Waals surface area contributed by atoms with Gasteiger partial charge in [-0.25, -0.2) is 0 Å². The molecule has 1 fully saturated rings. The Morgan fingerprint density at radius 1 is 1.42 bits per heavy atom. The van der Waals surface area contributed by atoms with Crippen LogP contribution in [0.4, 0.5) is 5.69 Å². The molecule has 0 spiro atoms. The number of para-hydroxylation sites is 1. The molecule has 1 aromatic rings. The first-order chi connectivity index (χ1) is 11.7. The molecule has 1 saturated heterocycles. The van der Waals surface area contributed by atoms with Gasteiger partial charge in [-0.05, 0) is 31.4 Å². The fraction of sp³-hybridized carbons (Fsp3) is 0.556. The van der Waals surface area contributed by atoms with E-state index in [2.05, 4.69) is 12.2 Å². The van der Waals surface area contributed by atoms with Gasteiger partial charge in [-0.15, -0.1) is 11.8 Å². The highest BCUT2D eigenvalue weighted by Crippen LogP contribution is 2.36. The van der Waals surface area contributed by atoms with Crippen molar-refractivity contribution in [2.24, 2.45) is 0 Å². The highest BCUT2D eigenvalue weighted by molar-refractivity contribution is 8.01. The fourth-order valence-electron chi connectivity index (χ4n) is 3.10. The number of ether oxygens (including phenoxy) is 1. The molecular weight excluding hydrogens is 324 g/mol. The van der Waals surface area contributed by atoms with Gasteiger partial charge in [0.25, 0.3) is 0 Å². The van der Waals surface area contributed by atoms with Crippen molar-refractivity contribution in [1.82, 2.24) is 4.90 Å². The summed E-state index contributed by atoms with van der Waals surface area (Å²) in [4.78, 5) is 27.8. The molecule has 2 aliphatic rings. The first-order valence-corrected chi connectivity index (χ1v) is 9.51. The van der Waals surface area contributed by atoms with Crippen LogP contribution in [0.15, 0.2) is 29.2 Å². The topological polar surface area (TPSA) is 58.6 Å². The van der Waals surface area contributed by atoms with Crippen LogP contribution in [-0.2, 0) is 14.3 Å². The smallest absolute Gasteiger partial charge is 0.238 e. The molecular formula is C18H24N2O3S. The molecule has 3 rings (SSSR count). The van der Waals surface area contributed by atoms with Crippen LogP contribution in [0.1, 0.15) is 32.6 Å². The molecule has 130 valence electrons. The van der Waals surface area contributed by atoms with Crippen LogP contribution in [-0.4, -0.2) is 47.8 Å². The molecule has 0 unspecified atom stereocenters. The lowest BCUT2D eigenvalue weighted by atomic mass is 10.1. The van der Waals surface area contributed by atoms with Gasteiger partial charge in [0.1, 0.15) is 0 Å². The van der Waals surface area contributed by atoms with Gasteiger partial charge >= 0.3 is 0 Å². The number of benzene rings is 1. The molecule has 1 N–H and O–H groups in total. The third-order valence-electron chi connectivity index (χ3n) is 4.36. The maximum Gasteiger partial charge on any atom is 0.238 e. The maximum absolute atomic E-state index is 12.6. The molecule has 0 aliphatic carbocycles. The molecule has 0 saturated carbocycles. The molecule has 2 amide bonds. The average Bonchev–Trinajstić information content (AvgIpc) is 2.60. The second kappa shape index (κ2) is 8.03. The molecule has 24 heavy (non-hydrogen) atoms. The number of carbonyl (C=O) groups is 2. The van der Waals surface area contributed by atoms with Gasteiger partial charge in [-0.3, -0.25) is 9.59 Å². The summed E-state index contributed by atoms with van der Waals surface area (Å²) in [5, 5.41) is 2.54. The predicted molar refractivity (Wildman–Crippen MR) is 95.2 cm³/mol. The van der Waals surface area contributed by atoms with Crippen LogP contribution in [0.5, 0.6) is 0 Å². The van der Waals surface area contributed by atoms with Crippen molar-refractivity contribution < 1.29 is 14.3 Å². The van der Waals surface area contributed by atoms with Gasteiger partial charge in [0.2, 0.25) is 11.8 Å². The standard InChI is InChI=1S/C18H24N2O3S/c1-2-10-23-13-6-5-9-20(12-13)17(21)11-16-18(22)19-14-7-3-4-8-15(14)24-16/h3-4,7-8,13,16H,2,5-6,9-12H2,1H3,(H,19,22)/t13-,16-/m1/s1. The van der Waals surface area contributed by atoms with Crippen LogP contribution in [0, 0.1) is 0 Å². The number of carbonyl (C=O) groups excluding carboxylic acids is 2. The van der Waals surface area contributed by atoms with Crippen LogP contribution >= 0.6 is 11.8 Å². The minimum Gasteiger partial charge on any atom is -0.376 e. The van der Waals surface area contributed by atoms with E-state index in [9.17, 15) is 9.59 Å². The highest BCUT2D eigenvalue weighted by atomic mass is 32.2. The fourth-order valence-corrected chi connectivity index (χ4v) is 4.20. The molecule has 1 aromatic carbocycles. The molecule has 0 bridgehead atoms. The third kappa shape index (κ3) is 4.11. The minimum atomic E-state index is -0.357. The second-order valence-corrected chi connectivity index (χ2v) is 7.52. The molecule has 2 atom stereocenters. The lowest BCUT2D eigenvalue weighted by Crippen LogP contribution is -2.45. The first-order valence-electron chi connectivity index (χ1n) is 8.63. The predicted octanol–water partition coefficient (Wildman–Crippen LogP) is 2.91. The van der Waals surface area contributed by atoms with Crippen LogP contribution in [0.25, 0.3) is 0 Å². The van der Waals surface area contributed by atoms with Gasteiger partial charge in [0.05, 0.1) is 17.0 Å². The number of hydrogen-bond donors (Lipinski definition) is 1. The van der Waals surface area contributed by atoms with E-state index < -0.39 is 0 Å². The Hall–Kier alpha value is -1.53. The summed E-state index contributed by atoms with van der Waals surface area (Å²) in [5.74, 6) is -0.0327. The van der Waals surface area contributed by atoms with Gasteiger partial charge in [0.15, 0.2) is 0 Å². The Morgan fingerprint density at radius 3 is 3.08 bits per heavy atom. The van der Waals surface area contributed by atoms with Crippen molar-refractivity contribution in [3.8, 4) is 0 Å². The molecule has 6 heteroatoms. The summed E-state index contributed by atoms with van der Waals surface area (Å²) >= 11 is 1.48. The average molecular weight is 348 g/mol. The summed E-state index contributed by atoms with van der Waals surface area (Å²) in [6.07, 6.45) is 3.34. The van der Waals surface area contributed by atoms with Crippen molar-refractivity contribution in [2.75, 3.05) is 25.0 Å². The summed E-state index contributed by atoms with van der Waals surface area (Å²) in [6, 6.07) is 7.71. The number of likely N-dealkylation sites (tertiary alicyclic amines) is 1. The zero-order chi connectivity index (χ0) is 16.9. The Kier molecular flexibility index (Phi) is 5.79. The Balaban J connectivity index is 1.57. The summed E-state index contributed by atoms with van der Waals surface area (Å²) in [6.45, 7) is 4.24. The number of hydrogen-bond acceptors (Lipinski definition) is 4. The van der Waals surface area contributed by atoms with Gasteiger partial charge in [-0.2, -0.15) is 0 Å². The van der Waals surface area contributed by atoms with Gasteiger partial charge in [-0.1, -0.05) is 19.1 Å². The number of rotatable bonds is 5. The van der Waals surface area contributed by atoms with E-state index in [-0.39, 0.29) is 29.6 Å². The van der Waals surface area contributed by atoms with E-state index in [4.69, 9.17) is 4.74 Å². The highest BCUT2D eigenvalue weighted by Gasteiger charge is 2.32. The molecule has 5 nitrogen and oxygen atoms in total. The van der Waals surface area contributed by atoms with Crippen LogP contribution in [0.3, 0.4) is 0 Å². The van der Waals surface area contributed by atoms with Gasteiger partial charge in [0, 0.05) is 31.0 Å². The quantitative estimate of drug-likeness (QED) is 0.889. The third-order valence-corrected chi connectivity index (χ3v) is 5.63. The van der Waals surface area contributed by atoms with Gasteiger partial charge < -0.3 is 15.0 Å². The molecule has 2 aliphatic heterocycles. The normalized spacial score (nSPS) is 23.5. The zero-order valence-electron chi connectivity index (χ0n) is 14.0. The van der Waals surface area contributed by atoms with Crippen LogP contribution in [0.2, 0.25) is 0 Å². The summed E-state index contributed by atoms with van der Waals surface area (Å²) in [5.41, 5.74) is 0.835. The van der Waals surface area contributed by atoms with Crippen LogP contribution < -0.4 is 5.32 Å². The minimum absolute atomic E-state index is 0.0480. The van der Waals surface area contributed by atoms with E-state index in [1.807, 2.05) is 29.2 Å². The van der Waals surface area contributed by atoms with E-state index in [0.29, 0.717) is 6.54 Å². The lowest BCUT2D eigenvalue weighted by molar-refractivity contribution is -0.136. The Bertz CT molecular complexity index is 608. The molecule has 0 aromatic heterocycles. The number of fused-ring (bicyclic) bond motifs is 1. The second-order valence-electron chi connectivity index (χ2n) is 6.27. The SMILES string of the molecule is CCCO[C@@H]1CCCN(C(=O)C[C@H]2Sc3ccccc3NC2=O)C1. The van der Waals surface area contributed by atoms with Crippen molar-refractivity contribution in [2.45, 2.75) is 48.9 Å². The Labute approximate surface area is 147 Å². The monoisotopic (exact) mass is 348 g/mol. The Morgan fingerprint density at radius 2 is 2.25 bits per heavy atom. The number of piperidine rings is 1. The number of nitrogens with one attached hydrogen (secondary N) is 1. The van der Waals surface area contributed by atoms with Crippen molar-refractivity contribution in [3.63, 3.8) is 0 Å². The number of nitrogens with zero attached hydrogens (tertiary/aromatic N) is 1. The van der Waals surface area contributed by atoms with Crippen molar-refractivity contribution in [1.29, 1.82) is 0 Å². The zero-order valence-corrected chi connectivity index (χ0v) is 14.8. The first kappa shape index (κ1) is 17.3.